The number of ether oxygens (including phenoxy) is 3. The molecular weight excluding hydrogens is 1130 g/mol. The highest BCUT2D eigenvalue weighted by Crippen LogP contribution is 2.26. The fraction of sp³-hybridized carbons (Fsp3) is 0.276. The summed E-state index contributed by atoms with van der Waals surface area (Å²) in [6, 6.07) is 23.0. The summed E-state index contributed by atoms with van der Waals surface area (Å²) in [7, 11) is 0. The molecule has 20 nitrogen and oxygen atoms in total. The number of carbonyl (C=O) groups excluding carboxylic acids is 3. The minimum atomic E-state index is -0.571. The Bertz CT molecular complexity index is 3620. The van der Waals surface area contributed by atoms with Crippen molar-refractivity contribution in [3.05, 3.63) is 178 Å². The molecule has 0 spiro atoms. The Kier molecular flexibility index (Phi) is 21.0. The fourth-order valence-electron chi connectivity index (χ4n) is 6.69. The highest BCUT2D eigenvalue weighted by Gasteiger charge is 2.21. The van der Waals surface area contributed by atoms with Crippen molar-refractivity contribution in [1.29, 1.82) is 0 Å². The number of nitrogens with two attached hydrogens (primary N) is 1. The zero-order chi connectivity index (χ0) is 60.1. The molecule has 0 saturated heterocycles. The van der Waals surface area contributed by atoms with E-state index in [-0.39, 0.29) is 10.6 Å². The smallest absolute Gasteiger partial charge is 0.435 e. The van der Waals surface area contributed by atoms with E-state index in [1.807, 2.05) is 144 Å². The van der Waals surface area contributed by atoms with E-state index in [1.54, 1.807) is 67.9 Å². The lowest BCUT2D eigenvalue weighted by molar-refractivity contribution is 0.0503. The lowest BCUT2D eigenvalue weighted by atomic mass is 10.1. The summed E-state index contributed by atoms with van der Waals surface area (Å²) < 4.78 is 19.4. The van der Waals surface area contributed by atoms with E-state index < -0.39 is 35.1 Å². The van der Waals surface area contributed by atoms with E-state index in [4.69, 9.17) is 66.3 Å². The predicted molar refractivity (Wildman–Crippen MR) is 319 cm³/mol. The van der Waals surface area contributed by atoms with Gasteiger partial charge in [-0.2, -0.15) is 29.3 Å². The van der Waals surface area contributed by atoms with E-state index in [0.29, 0.717) is 34.1 Å². The Morgan fingerprint density at radius 1 is 0.476 bits per heavy atom. The second kappa shape index (κ2) is 27.4. The third kappa shape index (κ3) is 19.8. The minimum absolute atomic E-state index is 0.186. The van der Waals surface area contributed by atoms with Crippen molar-refractivity contribution in [2.45, 2.75) is 106 Å². The van der Waals surface area contributed by atoms with Crippen molar-refractivity contribution in [1.82, 2.24) is 59.2 Å². The number of anilines is 3. The van der Waals surface area contributed by atoms with Crippen LogP contribution in [0, 0.1) is 20.8 Å². The van der Waals surface area contributed by atoms with Crippen molar-refractivity contribution < 1.29 is 28.6 Å². The van der Waals surface area contributed by atoms with Gasteiger partial charge in [-0.25, -0.2) is 44.3 Å². The van der Waals surface area contributed by atoms with E-state index in [2.05, 4.69) is 50.5 Å². The first-order chi connectivity index (χ1) is 38.5. The standard InChI is InChI=1S/C20H21ClN4O2.C19H20ClN5O2.C14H17N3O2.C5H4Cl2N2/c1-13-10-22-17(24-18(13)21)9-14-5-7-15(8-6-14)16-11-23-25(12-16)19(26)27-20(2,3)4;1-12-9-21-17(20)24-16(12)23-15-7-5-13(6-8-15)14-10-22-25(11-14)18(26)27-19(2,3)4;1-14(2,3)19-13(18)17-9-11(8-16-17)10-4-6-12(15)7-5-10;1-3-2-8-5(7)9-4(3)6/h5-8,10-12H,9H2,1-4H3;5-11H,1-4H3,(H,21,23,24);4-9H,15H2,1-3H3;2H,1H3. The summed E-state index contributed by atoms with van der Waals surface area (Å²) in [4.78, 5) is 60.1. The molecule has 0 fully saturated rings. The maximum atomic E-state index is 12.1. The van der Waals surface area contributed by atoms with Gasteiger partial charge in [0.05, 0.1) is 18.6 Å². The lowest BCUT2D eigenvalue weighted by Gasteiger charge is -2.18. The van der Waals surface area contributed by atoms with Crippen LogP contribution in [0.1, 0.15) is 90.4 Å². The molecule has 0 aliphatic rings. The van der Waals surface area contributed by atoms with Gasteiger partial charge in [-0.3, -0.25) is 0 Å². The molecule has 3 N–H and O–H groups in total. The first-order valence-corrected chi connectivity index (χ1v) is 26.8. The van der Waals surface area contributed by atoms with Crippen LogP contribution in [0.25, 0.3) is 33.4 Å². The molecule has 0 saturated carbocycles. The first-order valence-electron chi connectivity index (χ1n) is 25.3. The van der Waals surface area contributed by atoms with E-state index in [0.717, 1.165) is 61.3 Å². The monoisotopic (exact) mass is 1190 g/mol. The summed E-state index contributed by atoms with van der Waals surface area (Å²) >= 11 is 22.9. The molecule has 0 atom stereocenters. The molecular formula is C58H62Cl4N14O6. The Balaban J connectivity index is 0.000000186. The number of hydrogen-bond acceptors (Lipinski definition) is 17. The SMILES string of the molecule is CC(C)(C)OC(=O)n1cc(-c2ccc(N)cc2)cn1.Cc1cnc(Cc2ccc(-c3cnn(C(=O)OC(C)(C)C)c3)cc2)nc1Cl.Cc1cnc(Cl)nc1Cl.Cc1cnc(Cl)nc1Nc1ccc(-c2cnn(C(=O)OC(C)(C)C)c2)cc1. The van der Waals surface area contributed by atoms with Crippen molar-refractivity contribution in [3.8, 4) is 33.4 Å². The maximum Gasteiger partial charge on any atom is 0.435 e. The largest absolute Gasteiger partial charge is 0.442 e. The average Bonchev–Trinajstić information content (AvgIpc) is 4.37. The molecule has 6 aromatic heterocycles. The Morgan fingerprint density at radius 2 is 0.841 bits per heavy atom. The summed E-state index contributed by atoms with van der Waals surface area (Å²) in [6.45, 7) is 21.9. The molecule has 0 unspecified atom stereocenters. The van der Waals surface area contributed by atoms with Crippen molar-refractivity contribution in [3.63, 3.8) is 0 Å². The van der Waals surface area contributed by atoms with Gasteiger partial charge in [0, 0.05) is 88.4 Å². The predicted octanol–water partition coefficient (Wildman–Crippen LogP) is 14.5. The van der Waals surface area contributed by atoms with Gasteiger partial charge >= 0.3 is 18.3 Å². The third-order valence-electron chi connectivity index (χ3n) is 10.6. The second-order valence-electron chi connectivity index (χ2n) is 21.2. The topological polar surface area (TPSA) is 248 Å². The van der Waals surface area contributed by atoms with Crippen LogP contribution in [-0.4, -0.2) is 94.3 Å². The van der Waals surface area contributed by atoms with E-state index in [9.17, 15) is 14.4 Å². The lowest BCUT2D eigenvalue weighted by Crippen LogP contribution is -2.27. The van der Waals surface area contributed by atoms with Gasteiger partial charge in [0.15, 0.2) is 0 Å². The molecule has 9 aromatic rings. The normalized spacial score (nSPS) is 11.2. The van der Waals surface area contributed by atoms with Gasteiger partial charge in [0.2, 0.25) is 10.6 Å². The van der Waals surface area contributed by atoms with Crippen LogP contribution < -0.4 is 11.1 Å². The van der Waals surface area contributed by atoms with Gasteiger partial charge in [0.25, 0.3) is 0 Å². The molecule has 0 radical (unpaired) electrons. The van der Waals surface area contributed by atoms with E-state index in [1.165, 1.54) is 14.0 Å². The maximum absolute atomic E-state index is 12.1. The summed E-state index contributed by atoms with van der Waals surface area (Å²) in [6.07, 6.45) is 13.9. The number of benzene rings is 3. The highest BCUT2D eigenvalue weighted by atomic mass is 35.5. The molecule has 6 heterocycles. The molecule has 0 amide bonds. The molecule has 82 heavy (non-hydrogen) atoms. The number of nitrogen functional groups attached to an aromatic ring is 1. The van der Waals surface area contributed by atoms with Crippen LogP contribution in [0.15, 0.2) is 129 Å². The molecule has 0 aliphatic carbocycles. The number of nitrogens with one attached hydrogen (secondary N) is 1. The minimum Gasteiger partial charge on any atom is -0.442 e. The summed E-state index contributed by atoms with van der Waals surface area (Å²) in [5, 5.41) is 16.7. The number of aryl methyl sites for hydroxylation is 3. The molecule has 24 heteroatoms. The van der Waals surface area contributed by atoms with Crippen LogP contribution >= 0.6 is 46.4 Å². The van der Waals surface area contributed by atoms with Crippen LogP contribution in [0.3, 0.4) is 0 Å². The number of nitrogens with zero attached hydrogens (tertiary/aromatic N) is 12. The van der Waals surface area contributed by atoms with Gasteiger partial charge < -0.3 is 25.3 Å². The first kappa shape index (κ1) is 62.9. The molecule has 428 valence electrons. The number of aromatic nitrogens is 12. The number of rotatable bonds is 7. The quantitative estimate of drug-likeness (QED) is 0.0651. The van der Waals surface area contributed by atoms with Crippen LogP contribution in [0.4, 0.5) is 31.6 Å². The van der Waals surface area contributed by atoms with E-state index >= 15 is 0 Å². The van der Waals surface area contributed by atoms with Gasteiger partial charge in [-0.15, -0.1) is 0 Å². The summed E-state index contributed by atoms with van der Waals surface area (Å²) in [5.74, 6) is 1.33. The van der Waals surface area contributed by atoms with Gasteiger partial charge in [-0.1, -0.05) is 71.7 Å². The second-order valence-corrected chi connectivity index (χ2v) is 22.6. The van der Waals surface area contributed by atoms with Gasteiger partial charge in [-0.05, 0) is 153 Å². The van der Waals surface area contributed by atoms with Crippen LogP contribution in [-0.2, 0) is 20.6 Å². The Labute approximate surface area is 495 Å². The summed E-state index contributed by atoms with van der Waals surface area (Å²) in [5.41, 5.74) is 14.5. The van der Waals surface area contributed by atoms with Crippen molar-refractivity contribution in [2.75, 3.05) is 11.1 Å². The highest BCUT2D eigenvalue weighted by molar-refractivity contribution is 6.32. The zero-order valence-corrected chi connectivity index (χ0v) is 50.3. The zero-order valence-electron chi connectivity index (χ0n) is 47.2. The third-order valence-corrected chi connectivity index (χ3v) is 11.8. The van der Waals surface area contributed by atoms with Gasteiger partial charge in [0.1, 0.15) is 38.8 Å². The van der Waals surface area contributed by atoms with Crippen LogP contribution in [0.2, 0.25) is 20.9 Å². The fourth-order valence-corrected chi connectivity index (χ4v) is 7.27. The molecule has 3 aromatic carbocycles. The molecule has 9 rings (SSSR count). The number of carbonyl (C=O) groups is 3. The average molecular weight is 1190 g/mol. The van der Waals surface area contributed by atoms with Crippen molar-refractivity contribution >= 4 is 81.9 Å². The van der Waals surface area contributed by atoms with Crippen molar-refractivity contribution in [2.24, 2.45) is 0 Å². The Morgan fingerprint density at radius 3 is 1.23 bits per heavy atom. The number of halogens is 4. The Hall–Kier alpha value is -8.30. The molecule has 0 bridgehead atoms. The van der Waals surface area contributed by atoms with Crippen LogP contribution in [0.5, 0.6) is 0 Å². The molecule has 0 aliphatic heterocycles. The number of hydrogen-bond donors (Lipinski definition) is 2.